The third-order valence-corrected chi connectivity index (χ3v) is 2.46. The maximum absolute atomic E-state index is 4.23. The first-order chi connectivity index (χ1) is 5.79. The highest BCUT2D eigenvalue weighted by Gasteiger charge is 2.07. The topological polar surface area (TPSA) is 38.7 Å². The maximum Gasteiger partial charge on any atom is 0.147 e. The molecule has 0 atom stereocenters. The molecule has 0 saturated heterocycles. The van der Waals surface area contributed by atoms with E-state index in [-0.39, 0.29) is 0 Å². The summed E-state index contributed by atoms with van der Waals surface area (Å²) < 4.78 is 4.08. The van der Waals surface area contributed by atoms with Gasteiger partial charge in [-0.1, -0.05) is 13.8 Å². The summed E-state index contributed by atoms with van der Waals surface area (Å²) in [5.41, 5.74) is 1.09. The molecule has 0 radical (unpaired) electrons. The smallest absolute Gasteiger partial charge is 0.147 e. The summed E-state index contributed by atoms with van der Waals surface area (Å²) in [4.78, 5) is 9.34. The van der Waals surface area contributed by atoms with Crippen LogP contribution < -0.4 is 0 Å². The minimum atomic E-state index is 0.437. The average molecular weight is 179 g/mol. The van der Waals surface area contributed by atoms with E-state index in [2.05, 4.69) is 28.2 Å². The van der Waals surface area contributed by atoms with Crippen molar-refractivity contribution in [1.29, 1.82) is 0 Å². The normalized spacial score (nSPS) is 11.2. The quantitative estimate of drug-likeness (QED) is 0.673. The Bertz CT molecular complexity index is 394. The van der Waals surface area contributed by atoms with Crippen molar-refractivity contribution in [2.45, 2.75) is 19.8 Å². The lowest BCUT2D eigenvalue weighted by Gasteiger charge is -2.02. The second kappa shape index (κ2) is 2.79. The Morgan fingerprint density at radius 1 is 1.33 bits per heavy atom. The van der Waals surface area contributed by atoms with Gasteiger partial charge in [-0.3, -0.25) is 0 Å². The van der Waals surface area contributed by atoms with Gasteiger partial charge in [0, 0.05) is 0 Å². The highest BCUT2D eigenvalue weighted by Crippen LogP contribution is 2.22. The Morgan fingerprint density at radius 3 is 2.92 bits per heavy atom. The number of rotatable bonds is 1. The van der Waals surface area contributed by atoms with Gasteiger partial charge in [0.25, 0.3) is 0 Å². The zero-order valence-corrected chi connectivity index (χ0v) is 7.80. The lowest BCUT2D eigenvalue weighted by molar-refractivity contribution is 0.829. The lowest BCUT2D eigenvalue weighted by Crippen LogP contribution is -1.93. The van der Waals surface area contributed by atoms with Crippen LogP contribution in [0.25, 0.3) is 10.2 Å². The van der Waals surface area contributed by atoms with Crippen LogP contribution in [-0.2, 0) is 0 Å². The molecular formula is C8H9N3S. The SMILES string of the molecule is CC(C)c1ncnc2sncc12. The molecule has 0 fully saturated rings. The lowest BCUT2D eigenvalue weighted by atomic mass is 10.1. The van der Waals surface area contributed by atoms with Crippen LogP contribution in [0.2, 0.25) is 0 Å². The molecule has 0 saturated carbocycles. The van der Waals surface area contributed by atoms with Crippen LogP contribution in [0, 0.1) is 0 Å². The van der Waals surface area contributed by atoms with E-state index in [1.165, 1.54) is 11.5 Å². The van der Waals surface area contributed by atoms with Crippen LogP contribution in [0.15, 0.2) is 12.5 Å². The Balaban J connectivity index is 2.73. The second-order valence-electron chi connectivity index (χ2n) is 2.96. The molecule has 0 unspecified atom stereocenters. The predicted molar refractivity (Wildman–Crippen MR) is 49.3 cm³/mol. The van der Waals surface area contributed by atoms with Gasteiger partial charge in [0.1, 0.15) is 11.2 Å². The minimum absolute atomic E-state index is 0.437. The van der Waals surface area contributed by atoms with E-state index >= 15 is 0 Å². The van der Waals surface area contributed by atoms with Crippen LogP contribution in [0.3, 0.4) is 0 Å². The Kier molecular flexibility index (Phi) is 1.77. The molecule has 2 aromatic heterocycles. The highest BCUT2D eigenvalue weighted by atomic mass is 32.1. The van der Waals surface area contributed by atoms with E-state index in [1.54, 1.807) is 6.33 Å². The summed E-state index contributed by atoms with van der Waals surface area (Å²) >= 11 is 1.42. The summed E-state index contributed by atoms with van der Waals surface area (Å²) in [7, 11) is 0. The molecule has 0 bridgehead atoms. The second-order valence-corrected chi connectivity index (χ2v) is 3.74. The summed E-state index contributed by atoms with van der Waals surface area (Å²) in [6, 6.07) is 0. The standard InChI is InChI=1S/C8H9N3S/c1-5(2)7-6-3-11-12-8(6)10-4-9-7/h3-5H,1-2H3. The molecule has 62 valence electrons. The molecule has 4 heteroatoms. The highest BCUT2D eigenvalue weighted by molar-refractivity contribution is 7.12. The van der Waals surface area contributed by atoms with Crippen molar-refractivity contribution in [1.82, 2.24) is 14.3 Å². The Morgan fingerprint density at radius 2 is 2.17 bits per heavy atom. The largest absolute Gasteiger partial charge is 0.240 e. The number of hydrogen-bond donors (Lipinski definition) is 0. The predicted octanol–water partition coefficient (Wildman–Crippen LogP) is 2.21. The monoisotopic (exact) mass is 179 g/mol. The van der Waals surface area contributed by atoms with Gasteiger partial charge in [0.15, 0.2) is 0 Å². The summed E-state index contributed by atoms with van der Waals surface area (Å²) in [5.74, 6) is 0.437. The molecule has 0 aliphatic carbocycles. The molecule has 0 aliphatic rings. The molecule has 0 N–H and O–H groups in total. The number of hydrogen-bond acceptors (Lipinski definition) is 4. The molecule has 3 nitrogen and oxygen atoms in total. The van der Waals surface area contributed by atoms with Gasteiger partial charge in [-0.2, -0.15) is 4.37 Å². The fraction of sp³-hybridized carbons (Fsp3) is 0.375. The zero-order chi connectivity index (χ0) is 8.55. The van der Waals surface area contributed by atoms with Gasteiger partial charge in [0.2, 0.25) is 0 Å². The molecule has 12 heavy (non-hydrogen) atoms. The Hall–Kier alpha value is -1.03. The average Bonchev–Trinajstić information content (AvgIpc) is 2.49. The van der Waals surface area contributed by atoms with Crippen molar-refractivity contribution in [2.24, 2.45) is 0 Å². The number of fused-ring (bicyclic) bond motifs is 1. The minimum Gasteiger partial charge on any atom is -0.240 e. The van der Waals surface area contributed by atoms with Crippen LogP contribution in [-0.4, -0.2) is 14.3 Å². The van der Waals surface area contributed by atoms with Crippen LogP contribution >= 0.6 is 11.5 Å². The van der Waals surface area contributed by atoms with E-state index in [9.17, 15) is 0 Å². The first kappa shape index (κ1) is 7.61. The van der Waals surface area contributed by atoms with Crippen molar-refractivity contribution in [3.63, 3.8) is 0 Å². The van der Waals surface area contributed by atoms with Crippen molar-refractivity contribution in [3.8, 4) is 0 Å². The van der Waals surface area contributed by atoms with Gasteiger partial charge >= 0.3 is 0 Å². The number of nitrogens with zero attached hydrogens (tertiary/aromatic N) is 3. The molecule has 2 aromatic rings. The van der Waals surface area contributed by atoms with Crippen molar-refractivity contribution in [2.75, 3.05) is 0 Å². The first-order valence-corrected chi connectivity index (χ1v) is 4.61. The number of aromatic nitrogens is 3. The van der Waals surface area contributed by atoms with E-state index < -0.39 is 0 Å². The van der Waals surface area contributed by atoms with Gasteiger partial charge < -0.3 is 0 Å². The van der Waals surface area contributed by atoms with Crippen molar-refractivity contribution < 1.29 is 0 Å². The molecule has 0 aromatic carbocycles. The van der Waals surface area contributed by atoms with Crippen LogP contribution in [0.4, 0.5) is 0 Å². The molecule has 0 amide bonds. The van der Waals surface area contributed by atoms with Crippen LogP contribution in [0.1, 0.15) is 25.5 Å². The molecular weight excluding hydrogens is 170 g/mol. The molecule has 0 aliphatic heterocycles. The first-order valence-electron chi connectivity index (χ1n) is 3.84. The molecule has 0 spiro atoms. The van der Waals surface area contributed by atoms with Crippen molar-refractivity contribution >= 4 is 21.7 Å². The van der Waals surface area contributed by atoms with E-state index in [0.29, 0.717) is 5.92 Å². The molecule has 2 heterocycles. The van der Waals surface area contributed by atoms with E-state index in [0.717, 1.165) is 15.9 Å². The summed E-state index contributed by atoms with van der Waals surface area (Å²) in [6.45, 7) is 4.25. The Labute approximate surface area is 74.6 Å². The van der Waals surface area contributed by atoms with E-state index in [4.69, 9.17) is 0 Å². The maximum atomic E-state index is 4.23. The third kappa shape index (κ3) is 1.08. The third-order valence-electron chi connectivity index (χ3n) is 1.75. The van der Waals surface area contributed by atoms with E-state index in [1.807, 2.05) is 6.20 Å². The molecule has 2 rings (SSSR count). The zero-order valence-electron chi connectivity index (χ0n) is 6.98. The van der Waals surface area contributed by atoms with Gasteiger partial charge in [-0.05, 0) is 17.5 Å². The van der Waals surface area contributed by atoms with Gasteiger partial charge in [-0.25, -0.2) is 9.97 Å². The van der Waals surface area contributed by atoms with Gasteiger partial charge in [0.05, 0.1) is 17.3 Å². The van der Waals surface area contributed by atoms with Crippen LogP contribution in [0.5, 0.6) is 0 Å². The van der Waals surface area contributed by atoms with Gasteiger partial charge in [-0.15, -0.1) is 0 Å². The summed E-state index contributed by atoms with van der Waals surface area (Å²) in [5, 5.41) is 1.09. The van der Waals surface area contributed by atoms with Crippen molar-refractivity contribution in [3.05, 3.63) is 18.2 Å². The fourth-order valence-electron chi connectivity index (χ4n) is 1.18. The summed E-state index contributed by atoms with van der Waals surface area (Å²) in [6.07, 6.45) is 3.45. The fourth-order valence-corrected chi connectivity index (χ4v) is 1.78.